The Labute approximate surface area is 111 Å². The van der Waals surface area contributed by atoms with Gasteiger partial charge in [0, 0.05) is 18.0 Å². The van der Waals surface area contributed by atoms with Crippen LogP contribution in [0.2, 0.25) is 4.34 Å². The van der Waals surface area contributed by atoms with Crippen LogP contribution < -0.4 is 11.1 Å². The van der Waals surface area contributed by atoms with E-state index in [1.807, 2.05) is 31.0 Å². The third-order valence-corrected chi connectivity index (χ3v) is 3.83. The van der Waals surface area contributed by atoms with Crippen LogP contribution in [-0.4, -0.2) is 37.5 Å². The first kappa shape index (κ1) is 14.4. The summed E-state index contributed by atoms with van der Waals surface area (Å²) < 4.78 is 0.735. The molecule has 0 saturated carbocycles. The fourth-order valence-corrected chi connectivity index (χ4v) is 3.11. The molecule has 0 radical (unpaired) electrons. The minimum absolute atomic E-state index is 0.00444. The molecule has 0 aliphatic carbocycles. The van der Waals surface area contributed by atoms with Crippen LogP contribution in [0.3, 0.4) is 0 Å². The molecular weight excluding hydrogens is 258 g/mol. The van der Waals surface area contributed by atoms with Crippen molar-refractivity contribution in [2.45, 2.75) is 19.0 Å². The third-order valence-electron chi connectivity index (χ3n) is 2.53. The fraction of sp³-hybridized carbons (Fsp3) is 0.545. The number of nitrogens with zero attached hydrogens (tertiary/aromatic N) is 1. The lowest BCUT2D eigenvalue weighted by atomic mass is 10.1. The predicted molar refractivity (Wildman–Crippen MR) is 72.4 cm³/mol. The fourth-order valence-electron chi connectivity index (χ4n) is 1.77. The Morgan fingerprint density at radius 3 is 2.71 bits per heavy atom. The van der Waals surface area contributed by atoms with E-state index in [1.54, 1.807) is 7.05 Å². The molecule has 96 valence electrons. The lowest BCUT2D eigenvalue weighted by Crippen LogP contribution is -2.41. The molecule has 4 nitrogen and oxygen atoms in total. The summed E-state index contributed by atoms with van der Waals surface area (Å²) in [7, 11) is 3.51. The van der Waals surface area contributed by atoms with E-state index in [4.69, 9.17) is 17.3 Å². The first-order valence-corrected chi connectivity index (χ1v) is 6.56. The molecule has 1 aromatic rings. The van der Waals surface area contributed by atoms with Crippen molar-refractivity contribution in [2.75, 3.05) is 20.6 Å². The Kier molecular flexibility index (Phi) is 5.39. The molecule has 0 bridgehead atoms. The highest BCUT2D eigenvalue weighted by Crippen LogP contribution is 2.31. The van der Waals surface area contributed by atoms with E-state index in [2.05, 4.69) is 5.32 Å². The minimum atomic E-state index is -0.0700. The quantitative estimate of drug-likeness (QED) is 0.856. The van der Waals surface area contributed by atoms with Crippen LogP contribution in [0.5, 0.6) is 0 Å². The Bertz CT molecular complexity index is 381. The number of thiophene rings is 1. The summed E-state index contributed by atoms with van der Waals surface area (Å²) in [5, 5.41) is 2.60. The number of amides is 1. The summed E-state index contributed by atoms with van der Waals surface area (Å²) in [4.78, 5) is 14.4. The van der Waals surface area contributed by atoms with Gasteiger partial charge in [0.05, 0.1) is 16.9 Å². The van der Waals surface area contributed by atoms with Crippen molar-refractivity contribution in [1.29, 1.82) is 0 Å². The number of rotatable bonds is 5. The monoisotopic (exact) mass is 275 g/mol. The van der Waals surface area contributed by atoms with Crippen LogP contribution in [-0.2, 0) is 4.79 Å². The van der Waals surface area contributed by atoms with E-state index in [-0.39, 0.29) is 18.0 Å². The number of likely N-dealkylation sites (N-methyl/N-ethyl adjacent to an activating group) is 2. The zero-order valence-corrected chi connectivity index (χ0v) is 11.8. The van der Waals surface area contributed by atoms with E-state index in [1.165, 1.54) is 11.3 Å². The Morgan fingerprint density at radius 1 is 1.65 bits per heavy atom. The number of halogens is 1. The van der Waals surface area contributed by atoms with Crippen LogP contribution in [0.25, 0.3) is 0 Å². The lowest BCUT2D eigenvalue weighted by molar-refractivity contribution is -0.122. The summed E-state index contributed by atoms with van der Waals surface area (Å²) in [5.41, 5.74) is 5.99. The zero-order chi connectivity index (χ0) is 13.0. The van der Waals surface area contributed by atoms with Crippen molar-refractivity contribution in [3.8, 4) is 0 Å². The first-order chi connectivity index (χ1) is 7.95. The van der Waals surface area contributed by atoms with Crippen LogP contribution >= 0.6 is 22.9 Å². The van der Waals surface area contributed by atoms with Gasteiger partial charge in [-0.05, 0) is 26.1 Å². The molecule has 0 aliphatic rings. The molecule has 0 saturated heterocycles. The van der Waals surface area contributed by atoms with Gasteiger partial charge in [-0.2, -0.15) is 0 Å². The van der Waals surface area contributed by atoms with E-state index >= 15 is 0 Å². The summed E-state index contributed by atoms with van der Waals surface area (Å²) in [6.45, 7) is 2.25. The molecule has 2 unspecified atom stereocenters. The summed E-state index contributed by atoms with van der Waals surface area (Å²) in [5.74, 6) is -0.0270. The molecule has 1 aromatic heterocycles. The summed E-state index contributed by atoms with van der Waals surface area (Å²) in [6, 6.07) is 3.75. The van der Waals surface area contributed by atoms with Crippen molar-refractivity contribution in [3.05, 3.63) is 21.3 Å². The molecule has 1 amide bonds. The van der Waals surface area contributed by atoms with Crippen molar-refractivity contribution in [2.24, 2.45) is 5.73 Å². The van der Waals surface area contributed by atoms with Gasteiger partial charge in [0.2, 0.25) is 5.91 Å². The molecule has 0 fully saturated rings. The molecule has 2 atom stereocenters. The highest BCUT2D eigenvalue weighted by Gasteiger charge is 2.24. The first-order valence-electron chi connectivity index (χ1n) is 5.37. The Hall–Kier alpha value is -0.620. The standard InChI is InChI=1S/C11H18ClN3OS/c1-7(13)11(8-4-5-9(12)17-8)15(3)6-10(16)14-2/h4-5,7,11H,6,13H2,1-3H3,(H,14,16). The normalized spacial score (nSPS) is 14.7. The third kappa shape index (κ3) is 3.96. The summed E-state index contributed by atoms with van der Waals surface area (Å²) >= 11 is 7.43. The molecule has 3 N–H and O–H groups in total. The van der Waals surface area contributed by atoms with Gasteiger partial charge in [0.25, 0.3) is 0 Å². The number of carbonyl (C=O) groups excluding carboxylic acids is 1. The van der Waals surface area contributed by atoms with Crippen LogP contribution in [0.4, 0.5) is 0 Å². The zero-order valence-electron chi connectivity index (χ0n) is 10.2. The Balaban J connectivity index is 2.82. The second kappa shape index (κ2) is 6.35. The van der Waals surface area contributed by atoms with Crippen molar-refractivity contribution in [3.63, 3.8) is 0 Å². The average molecular weight is 276 g/mol. The van der Waals surface area contributed by atoms with E-state index in [0.29, 0.717) is 6.54 Å². The van der Waals surface area contributed by atoms with Crippen molar-refractivity contribution < 1.29 is 4.79 Å². The van der Waals surface area contributed by atoms with Gasteiger partial charge in [-0.15, -0.1) is 11.3 Å². The highest BCUT2D eigenvalue weighted by atomic mass is 35.5. The number of nitrogens with two attached hydrogens (primary N) is 1. The lowest BCUT2D eigenvalue weighted by Gasteiger charge is -2.29. The van der Waals surface area contributed by atoms with Gasteiger partial charge in [0.15, 0.2) is 0 Å². The number of carbonyl (C=O) groups is 1. The number of nitrogens with one attached hydrogen (secondary N) is 1. The van der Waals surface area contributed by atoms with Crippen LogP contribution in [0.15, 0.2) is 12.1 Å². The van der Waals surface area contributed by atoms with Gasteiger partial charge in [-0.25, -0.2) is 0 Å². The van der Waals surface area contributed by atoms with E-state index in [9.17, 15) is 4.79 Å². The molecule has 0 aliphatic heterocycles. The van der Waals surface area contributed by atoms with Gasteiger partial charge in [-0.3, -0.25) is 9.69 Å². The van der Waals surface area contributed by atoms with Crippen LogP contribution in [0.1, 0.15) is 17.8 Å². The highest BCUT2D eigenvalue weighted by molar-refractivity contribution is 7.16. The Morgan fingerprint density at radius 2 is 2.29 bits per heavy atom. The SMILES string of the molecule is CNC(=O)CN(C)C(c1ccc(Cl)s1)C(C)N. The van der Waals surface area contributed by atoms with E-state index in [0.717, 1.165) is 9.21 Å². The maximum Gasteiger partial charge on any atom is 0.233 e. The molecule has 1 rings (SSSR count). The maximum absolute atomic E-state index is 11.4. The molecule has 0 spiro atoms. The molecular formula is C11H18ClN3OS. The second-order valence-electron chi connectivity index (χ2n) is 4.03. The van der Waals surface area contributed by atoms with Gasteiger partial charge in [-0.1, -0.05) is 11.6 Å². The summed E-state index contributed by atoms with van der Waals surface area (Å²) in [6.07, 6.45) is 0. The molecule has 1 heterocycles. The maximum atomic E-state index is 11.4. The van der Waals surface area contributed by atoms with Gasteiger partial charge in [0.1, 0.15) is 0 Å². The second-order valence-corrected chi connectivity index (χ2v) is 5.78. The van der Waals surface area contributed by atoms with Gasteiger partial charge >= 0.3 is 0 Å². The van der Waals surface area contributed by atoms with Crippen molar-refractivity contribution in [1.82, 2.24) is 10.2 Å². The predicted octanol–water partition coefficient (Wildman–Crippen LogP) is 1.47. The smallest absolute Gasteiger partial charge is 0.233 e. The topological polar surface area (TPSA) is 58.4 Å². The largest absolute Gasteiger partial charge is 0.358 e. The molecule has 0 aromatic carbocycles. The molecule has 17 heavy (non-hydrogen) atoms. The van der Waals surface area contributed by atoms with E-state index < -0.39 is 0 Å². The average Bonchev–Trinajstić information content (AvgIpc) is 2.64. The number of hydrogen-bond acceptors (Lipinski definition) is 4. The molecule has 6 heteroatoms. The number of hydrogen-bond donors (Lipinski definition) is 2. The van der Waals surface area contributed by atoms with Crippen molar-refractivity contribution >= 4 is 28.8 Å². The minimum Gasteiger partial charge on any atom is -0.358 e. The van der Waals surface area contributed by atoms with Crippen LogP contribution in [0, 0.1) is 0 Å². The van der Waals surface area contributed by atoms with Gasteiger partial charge < -0.3 is 11.1 Å².